The van der Waals surface area contributed by atoms with Gasteiger partial charge in [0.2, 0.25) is 5.91 Å². The number of hydrogen-bond acceptors (Lipinski definition) is 3. The first-order chi connectivity index (χ1) is 14.8. The minimum atomic E-state index is -0.338. The molecule has 0 saturated heterocycles. The summed E-state index contributed by atoms with van der Waals surface area (Å²) in [6, 6.07) is 14.9. The van der Waals surface area contributed by atoms with Crippen molar-refractivity contribution in [3.05, 3.63) is 94.3 Å². The molecule has 1 N–H and O–H groups in total. The lowest BCUT2D eigenvalue weighted by Crippen LogP contribution is -2.19. The second-order valence-electron chi connectivity index (χ2n) is 6.43. The number of hydrazone groups is 1. The van der Waals surface area contributed by atoms with E-state index in [2.05, 4.69) is 55.7 Å². The molecule has 0 bridgehead atoms. The van der Waals surface area contributed by atoms with E-state index in [-0.39, 0.29) is 18.1 Å². The molecule has 0 aliphatic rings. The van der Waals surface area contributed by atoms with Crippen LogP contribution in [0.15, 0.2) is 59.7 Å². The van der Waals surface area contributed by atoms with E-state index in [1.165, 1.54) is 12.1 Å². The van der Waals surface area contributed by atoms with Gasteiger partial charge in [0.05, 0.1) is 19.8 Å². The number of hydrogen-bond donors (Lipinski definition) is 1. The smallest absolute Gasteiger partial charge is 0.244 e. The number of nitrogens with one attached hydrogen (secondary N) is 1. The molecule has 3 aromatic carbocycles. The zero-order valence-corrected chi connectivity index (χ0v) is 21.7. The third-order valence-corrected chi connectivity index (χ3v) is 6.28. The van der Waals surface area contributed by atoms with E-state index in [0.717, 1.165) is 24.0 Å². The third-order valence-electron chi connectivity index (χ3n) is 4.09. The second kappa shape index (κ2) is 11.4. The van der Waals surface area contributed by atoms with Crippen molar-refractivity contribution in [2.24, 2.45) is 5.10 Å². The van der Waals surface area contributed by atoms with Gasteiger partial charge in [-0.15, -0.1) is 0 Å². The molecule has 4 nitrogen and oxygen atoms in total. The highest BCUT2D eigenvalue weighted by atomic mass is 127. The largest absolute Gasteiger partial charge is 0.487 e. The van der Waals surface area contributed by atoms with E-state index in [0.29, 0.717) is 22.2 Å². The Morgan fingerprint density at radius 2 is 1.74 bits per heavy atom. The number of amides is 1. The van der Waals surface area contributed by atoms with Crippen molar-refractivity contribution in [2.45, 2.75) is 13.0 Å². The molecule has 31 heavy (non-hydrogen) atoms. The Morgan fingerprint density at radius 3 is 2.39 bits per heavy atom. The quantitative estimate of drug-likeness (QED) is 0.173. The molecule has 0 aliphatic carbocycles. The summed E-state index contributed by atoms with van der Waals surface area (Å²) < 4.78 is 20.7. The topological polar surface area (TPSA) is 50.7 Å². The molecule has 0 aliphatic heterocycles. The minimum absolute atomic E-state index is 0.118. The lowest BCUT2D eigenvalue weighted by Gasteiger charge is -2.12. The number of nitrogens with zero attached hydrogens (tertiary/aromatic N) is 1. The van der Waals surface area contributed by atoms with Crippen LogP contribution in [0.3, 0.4) is 0 Å². The van der Waals surface area contributed by atoms with Gasteiger partial charge in [-0.3, -0.25) is 4.79 Å². The van der Waals surface area contributed by atoms with E-state index >= 15 is 0 Å². The van der Waals surface area contributed by atoms with Crippen molar-refractivity contribution >= 4 is 80.5 Å². The number of carbonyl (C=O) groups is 1. The fraction of sp³-hybridized carbons (Fsp3) is 0.0909. The van der Waals surface area contributed by atoms with Gasteiger partial charge in [-0.1, -0.05) is 41.4 Å². The van der Waals surface area contributed by atoms with E-state index < -0.39 is 0 Å². The number of carbonyl (C=O) groups excluding carboxylic acids is 1. The molecule has 1 amide bonds. The Bertz CT molecular complexity index is 1100. The molecular formula is C22H15Cl2FI2N2O2. The first kappa shape index (κ1) is 24.2. The molecule has 160 valence electrons. The van der Waals surface area contributed by atoms with Gasteiger partial charge in [0.1, 0.15) is 18.2 Å². The number of benzene rings is 3. The Labute approximate surface area is 216 Å². The molecule has 3 aromatic rings. The Morgan fingerprint density at radius 1 is 1.06 bits per heavy atom. The monoisotopic (exact) mass is 682 g/mol. The van der Waals surface area contributed by atoms with Crippen LogP contribution in [-0.2, 0) is 17.8 Å². The fourth-order valence-electron chi connectivity index (χ4n) is 2.59. The molecule has 0 aromatic heterocycles. The highest BCUT2D eigenvalue weighted by molar-refractivity contribution is 14.1. The summed E-state index contributed by atoms with van der Waals surface area (Å²) in [6.45, 7) is 0.314. The van der Waals surface area contributed by atoms with Gasteiger partial charge in [-0.2, -0.15) is 5.10 Å². The lowest BCUT2D eigenvalue weighted by atomic mass is 10.1. The number of halogens is 5. The SMILES string of the molecule is O=C(Cc1ccc(F)cc1)N/N=C/c1cc(I)c(OCc2ccc(Cl)cc2Cl)c(I)c1. The molecule has 0 radical (unpaired) electrons. The van der Waals surface area contributed by atoms with Crippen LogP contribution in [0.5, 0.6) is 5.75 Å². The van der Waals surface area contributed by atoms with Gasteiger partial charge in [-0.05, 0) is 92.7 Å². The Hall–Kier alpha value is -1.43. The Kier molecular flexibility index (Phi) is 8.94. The standard InChI is InChI=1S/C22H15Cl2FI2N2O2/c23-16-4-3-15(18(24)10-16)12-31-22-19(26)7-14(8-20(22)27)11-28-29-21(30)9-13-1-5-17(25)6-2-13/h1-8,10-11H,9,12H2,(H,29,30)/b28-11+. The normalized spacial score (nSPS) is 11.0. The fourth-order valence-corrected chi connectivity index (χ4v) is 5.18. The predicted octanol–water partition coefficient (Wildman–Crippen LogP) is 6.61. The van der Waals surface area contributed by atoms with Crippen molar-refractivity contribution in [3.63, 3.8) is 0 Å². The highest BCUT2D eigenvalue weighted by Crippen LogP contribution is 2.30. The van der Waals surface area contributed by atoms with E-state index in [1.54, 1.807) is 30.5 Å². The molecule has 0 heterocycles. The summed E-state index contributed by atoms with van der Waals surface area (Å²) in [5.41, 5.74) is 4.84. The van der Waals surface area contributed by atoms with Gasteiger partial charge >= 0.3 is 0 Å². The van der Waals surface area contributed by atoms with Crippen LogP contribution >= 0.6 is 68.4 Å². The van der Waals surface area contributed by atoms with Crippen LogP contribution in [-0.4, -0.2) is 12.1 Å². The highest BCUT2D eigenvalue weighted by Gasteiger charge is 2.10. The van der Waals surface area contributed by atoms with Crippen LogP contribution in [0.25, 0.3) is 0 Å². The van der Waals surface area contributed by atoms with Crippen LogP contribution in [0.2, 0.25) is 10.0 Å². The van der Waals surface area contributed by atoms with Crippen molar-refractivity contribution in [1.29, 1.82) is 0 Å². The zero-order chi connectivity index (χ0) is 22.4. The maximum Gasteiger partial charge on any atom is 0.244 e. The maximum atomic E-state index is 12.9. The molecule has 9 heteroatoms. The maximum absolute atomic E-state index is 12.9. The lowest BCUT2D eigenvalue weighted by molar-refractivity contribution is -0.120. The molecule has 3 rings (SSSR count). The summed E-state index contributed by atoms with van der Waals surface area (Å²) in [5.74, 6) is 0.117. The summed E-state index contributed by atoms with van der Waals surface area (Å²) in [4.78, 5) is 12.0. The van der Waals surface area contributed by atoms with Crippen LogP contribution < -0.4 is 10.2 Å². The summed E-state index contributed by atoms with van der Waals surface area (Å²) >= 11 is 16.5. The summed E-state index contributed by atoms with van der Waals surface area (Å²) in [7, 11) is 0. The minimum Gasteiger partial charge on any atom is -0.487 e. The second-order valence-corrected chi connectivity index (χ2v) is 9.60. The van der Waals surface area contributed by atoms with Gasteiger partial charge in [-0.25, -0.2) is 9.82 Å². The molecular weight excluding hydrogens is 668 g/mol. The average molecular weight is 683 g/mol. The van der Waals surface area contributed by atoms with Crippen molar-refractivity contribution in [3.8, 4) is 5.75 Å². The van der Waals surface area contributed by atoms with Gasteiger partial charge < -0.3 is 4.74 Å². The third kappa shape index (κ3) is 7.30. The zero-order valence-electron chi connectivity index (χ0n) is 15.8. The van der Waals surface area contributed by atoms with Gasteiger partial charge in [0, 0.05) is 15.6 Å². The number of ether oxygens (including phenoxy) is 1. The summed E-state index contributed by atoms with van der Waals surface area (Å²) in [6.07, 6.45) is 1.68. The molecule has 0 saturated carbocycles. The van der Waals surface area contributed by atoms with Crippen molar-refractivity contribution in [2.75, 3.05) is 0 Å². The summed E-state index contributed by atoms with van der Waals surface area (Å²) in [5, 5.41) is 5.13. The van der Waals surface area contributed by atoms with Gasteiger partial charge in [0.15, 0.2) is 0 Å². The van der Waals surface area contributed by atoms with Crippen molar-refractivity contribution < 1.29 is 13.9 Å². The first-order valence-corrected chi connectivity index (χ1v) is 11.9. The molecule has 0 fully saturated rings. The molecule has 0 atom stereocenters. The average Bonchev–Trinajstić information content (AvgIpc) is 2.70. The van der Waals surface area contributed by atoms with Crippen LogP contribution in [0, 0.1) is 13.0 Å². The van der Waals surface area contributed by atoms with E-state index in [4.69, 9.17) is 27.9 Å². The van der Waals surface area contributed by atoms with E-state index in [9.17, 15) is 9.18 Å². The van der Waals surface area contributed by atoms with Crippen molar-refractivity contribution in [1.82, 2.24) is 5.43 Å². The number of rotatable bonds is 7. The van der Waals surface area contributed by atoms with Gasteiger partial charge in [0.25, 0.3) is 0 Å². The Balaban J connectivity index is 1.60. The van der Waals surface area contributed by atoms with Crippen LogP contribution in [0.1, 0.15) is 16.7 Å². The van der Waals surface area contributed by atoms with E-state index in [1.807, 2.05) is 18.2 Å². The molecule has 0 unspecified atom stereocenters. The first-order valence-electron chi connectivity index (χ1n) is 8.94. The van der Waals surface area contributed by atoms with Crippen LogP contribution in [0.4, 0.5) is 4.39 Å². The predicted molar refractivity (Wildman–Crippen MR) is 139 cm³/mol. The molecule has 0 spiro atoms.